The number of non-ortho nitro benzene ring substituents is 1. The van der Waals surface area contributed by atoms with E-state index in [2.05, 4.69) is 0 Å². The van der Waals surface area contributed by atoms with Gasteiger partial charge in [-0.2, -0.15) is 0 Å². The molecule has 0 amide bonds. The van der Waals surface area contributed by atoms with Crippen molar-refractivity contribution in [1.29, 1.82) is 0 Å². The Balaban J connectivity index is 2.02. The summed E-state index contributed by atoms with van der Waals surface area (Å²) < 4.78 is 0. The maximum Gasteiger partial charge on any atom is 0.269 e. The molecule has 0 heterocycles. The topological polar surface area (TPSA) is 60.2 Å². The van der Waals surface area contributed by atoms with Crippen molar-refractivity contribution < 1.29 is 9.72 Å². The van der Waals surface area contributed by atoms with Crippen LogP contribution in [0, 0.1) is 41.7 Å². The molecule has 89 valence electrons. The van der Waals surface area contributed by atoms with Gasteiger partial charge in [0, 0.05) is 23.6 Å². The van der Waals surface area contributed by atoms with Crippen LogP contribution in [-0.4, -0.2) is 10.7 Å². The first-order valence-electron chi connectivity index (χ1n) is 5.35. The summed E-state index contributed by atoms with van der Waals surface area (Å²) in [5.41, 5.74) is 0.412. The molecule has 1 aromatic rings. The van der Waals surface area contributed by atoms with Gasteiger partial charge in [0.1, 0.15) is 0 Å². The first-order chi connectivity index (χ1) is 8.66. The van der Waals surface area contributed by atoms with E-state index in [0.29, 0.717) is 5.56 Å². The lowest BCUT2D eigenvalue weighted by atomic mass is 10.0. The molecule has 1 aliphatic carbocycles. The van der Waals surface area contributed by atoms with Crippen LogP contribution in [0.3, 0.4) is 0 Å². The van der Waals surface area contributed by atoms with E-state index in [-0.39, 0.29) is 11.5 Å². The zero-order valence-electron chi connectivity index (χ0n) is 9.45. The van der Waals surface area contributed by atoms with E-state index in [1.807, 2.05) is 25.7 Å². The highest BCUT2D eigenvalue weighted by molar-refractivity contribution is 6.04. The Labute approximate surface area is 105 Å². The maximum atomic E-state index is 11.8. The maximum absolute atomic E-state index is 11.8. The van der Waals surface area contributed by atoms with Crippen LogP contribution in [0.1, 0.15) is 10.4 Å². The molecule has 0 aliphatic heterocycles. The average molecular weight is 240 g/mol. The Bertz CT molecular complexity index is 470. The molecule has 18 heavy (non-hydrogen) atoms. The largest absolute Gasteiger partial charge is 0.289 e. The molecular weight excluding hydrogens is 230 g/mol. The minimum absolute atomic E-state index is 0.0217. The van der Waals surface area contributed by atoms with E-state index in [1.54, 1.807) is 6.08 Å². The highest BCUT2D eigenvalue weighted by Gasteiger charge is 2.14. The molecule has 4 heteroatoms. The predicted octanol–water partition coefficient (Wildman–Crippen LogP) is 2.74. The van der Waals surface area contributed by atoms with Crippen LogP contribution in [-0.2, 0) is 0 Å². The molecule has 1 aromatic carbocycles. The molecule has 2 rings (SSSR count). The van der Waals surface area contributed by atoms with Crippen LogP contribution in [0.15, 0.2) is 36.4 Å². The molecular formula is C14H10NO3. The molecule has 0 bridgehead atoms. The zero-order chi connectivity index (χ0) is 13.0. The Morgan fingerprint density at radius 1 is 1.11 bits per heavy atom. The molecule has 0 unspecified atom stereocenters. The third-order valence-electron chi connectivity index (χ3n) is 2.48. The number of carbonyl (C=O) groups excluding carboxylic acids is 1. The number of hydrogen-bond donors (Lipinski definition) is 0. The van der Waals surface area contributed by atoms with Crippen molar-refractivity contribution in [2.45, 2.75) is 0 Å². The van der Waals surface area contributed by atoms with E-state index >= 15 is 0 Å². The van der Waals surface area contributed by atoms with Gasteiger partial charge in [-0.15, -0.1) is 0 Å². The average Bonchev–Trinajstić information content (AvgIpc) is 2.89. The molecule has 5 radical (unpaired) electrons. The summed E-state index contributed by atoms with van der Waals surface area (Å²) in [6.07, 6.45) is 10.7. The van der Waals surface area contributed by atoms with Crippen molar-refractivity contribution >= 4 is 11.5 Å². The van der Waals surface area contributed by atoms with Crippen LogP contribution in [0.4, 0.5) is 5.69 Å². The Kier molecular flexibility index (Phi) is 3.87. The number of rotatable bonds is 4. The smallest absolute Gasteiger partial charge is 0.269 e. The molecule has 1 fully saturated rings. The molecule has 0 spiro atoms. The number of allylic oxidation sites excluding steroid dienone is 2. The second-order valence-electron chi connectivity index (χ2n) is 3.72. The van der Waals surface area contributed by atoms with E-state index in [4.69, 9.17) is 0 Å². The number of hydrogen-bond acceptors (Lipinski definition) is 3. The summed E-state index contributed by atoms with van der Waals surface area (Å²) in [5.74, 6) is 0.774. The highest BCUT2D eigenvalue weighted by Crippen LogP contribution is 2.24. The van der Waals surface area contributed by atoms with E-state index in [1.165, 1.54) is 30.3 Å². The van der Waals surface area contributed by atoms with Crippen molar-refractivity contribution in [1.82, 2.24) is 0 Å². The number of carbonyl (C=O) groups is 1. The quantitative estimate of drug-likeness (QED) is 0.352. The standard InChI is InChI=1S/C14H10NO3/c16-14(10-5-11-3-1-2-4-11)12-6-8-13(9-7-12)15(17)18/h1-10H/b10-5+. The van der Waals surface area contributed by atoms with Gasteiger partial charge in [-0.3, -0.25) is 14.9 Å². The third kappa shape index (κ3) is 3.03. The lowest BCUT2D eigenvalue weighted by molar-refractivity contribution is -0.384. The Hall–Kier alpha value is -1.97. The first kappa shape index (κ1) is 12.5. The SMILES string of the molecule is O=C(/C=C/[C]1[CH][CH][CH][CH]1)c1ccc([N+](=O)[O-])cc1. The number of nitro groups is 1. The van der Waals surface area contributed by atoms with Crippen LogP contribution in [0.2, 0.25) is 0 Å². The minimum atomic E-state index is -0.492. The summed E-state index contributed by atoms with van der Waals surface area (Å²) in [6.45, 7) is 0. The molecule has 4 nitrogen and oxygen atoms in total. The summed E-state index contributed by atoms with van der Waals surface area (Å²) in [4.78, 5) is 21.7. The molecule has 1 aliphatic rings. The second-order valence-corrected chi connectivity index (χ2v) is 3.72. The van der Waals surface area contributed by atoms with Gasteiger partial charge < -0.3 is 0 Å². The normalized spacial score (nSPS) is 16.2. The fourth-order valence-corrected chi connectivity index (χ4v) is 1.52. The van der Waals surface area contributed by atoms with Gasteiger partial charge in [0.2, 0.25) is 0 Å². The van der Waals surface area contributed by atoms with Gasteiger partial charge in [-0.25, -0.2) is 0 Å². The monoisotopic (exact) mass is 240 g/mol. The van der Waals surface area contributed by atoms with Crippen LogP contribution >= 0.6 is 0 Å². The van der Waals surface area contributed by atoms with Gasteiger partial charge in [-0.05, 0) is 43.9 Å². The first-order valence-corrected chi connectivity index (χ1v) is 5.35. The molecule has 0 N–H and O–H groups in total. The van der Waals surface area contributed by atoms with Gasteiger partial charge in [0.05, 0.1) is 4.92 Å². The fourth-order valence-electron chi connectivity index (χ4n) is 1.52. The number of ketones is 1. The lowest BCUT2D eigenvalue weighted by Gasteiger charge is -1.99. The van der Waals surface area contributed by atoms with Crippen molar-refractivity contribution in [2.75, 3.05) is 0 Å². The molecule has 0 aromatic heterocycles. The number of nitrogens with zero attached hydrogens (tertiary/aromatic N) is 1. The van der Waals surface area contributed by atoms with Gasteiger partial charge in [-0.1, -0.05) is 6.08 Å². The van der Waals surface area contributed by atoms with Crippen LogP contribution < -0.4 is 0 Å². The van der Waals surface area contributed by atoms with Gasteiger partial charge >= 0.3 is 0 Å². The third-order valence-corrected chi connectivity index (χ3v) is 2.48. The lowest BCUT2D eigenvalue weighted by Crippen LogP contribution is -1.96. The fraction of sp³-hybridized carbons (Fsp3) is 0. The van der Waals surface area contributed by atoms with Gasteiger partial charge in [0.15, 0.2) is 5.78 Å². The van der Waals surface area contributed by atoms with Crippen molar-refractivity contribution in [3.63, 3.8) is 0 Å². The van der Waals surface area contributed by atoms with E-state index < -0.39 is 4.92 Å². The summed E-state index contributed by atoms with van der Waals surface area (Å²) in [5, 5.41) is 10.5. The Morgan fingerprint density at radius 2 is 1.72 bits per heavy atom. The van der Waals surface area contributed by atoms with Gasteiger partial charge in [0.25, 0.3) is 5.69 Å². The summed E-state index contributed by atoms with van der Waals surface area (Å²) in [6, 6.07) is 5.55. The van der Waals surface area contributed by atoms with Crippen LogP contribution in [0.5, 0.6) is 0 Å². The van der Waals surface area contributed by atoms with Crippen molar-refractivity contribution in [3.05, 3.63) is 83.7 Å². The number of benzene rings is 1. The second kappa shape index (κ2) is 5.58. The minimum Gasteiger partial charge on any atom is -0.289 e. The molecule has 0 atom stereocenters. The van der Waals surface area contributed by atoms with Crippen molar-refractivity contribution in [3.8, 4) is 0 Å². The van der Waals surface area contributed by atoms with Crippen LogP contribution in [0.25, 0.3) is 0 Å². The zero-order valence-corrected chi connectivity index (χ0v) is 9.45. The van der Waals surface area contributed by atoms with Crippen molar-refractivity contribution in [2.24, 2.45) is 0 Å². The molecule has 0 saturated heterocycles. The highest BCUT2D eigenvalue weighted by atomic mass is 16.6. The molecule has 1 saturated carbocycles. The van der Waals surface area contributed by atoms with E-state index in [0.717, 1.165) is 5.92 Å². The Morgan fingerprint density at radius 3 is 2.28 bits per heavy atom. The predicted molar refractivity (Wildman–Crippen MR) is 67.0 cm³/mol. The van der Waals surface area contributed by atoms with E-state index in [9.17, 15) is 14.9 Å². The summed E-state index contributed by atoms with van der Waals surface area (Å²) >= 11 is 0. The number of nitro benzene ring substituents is 1. The summed E-state index contributed by atoms with van der Waals surface area (Å²) in [7, 11) is 0.